The summed E-state index contributed by atoms with van der Waals surface area (Å²) in [4.78, 5) is 25.8. The first-order valence-corrected chi connectivity index (χ1v) is 7.38. The molecule has 0 spiro atoms. The molecule has 0 atom stereocenters. The number of methoxy groups -OCH3 is 2. The molecule has 7 nitrogen and oxygen atoms in total. The molecule has 0 bridgehead atoms. The van der Waals surface area contributed by atoms with Gasteiger partial charge in [0.2, 0.25) is 0 Å². The van der Waals surface area contributed by atoms with Crippen LogP contribution in [0.2, 0.25) is 0 Å². The molecule has 0 aromatic rings. The zero-order valence-electron chi connectivity index (χ0n) is 13.3. The van der Waals surface area contributed by atoms with E-state index in [1.54, 1.807) is 18.4 Å². The third-order valence-electron chi connectivity index (χ3n) is 3.49. The molecule has 126 valence electrons. The normalized spacial score (nSPS) is 18.8. The van der Waals surface area contributed by atoms with Gasteiger partial charge in [-0.1, -0.05) is 12.2 Å². The average molecular weight is 323 g/mol. The van der Waals surface area contributed by atoms with Crippen LogP contribution in [0.5, 0.6) is 0 Å². The van der Waals surface area contributed by atoms with Gasteiger partial charge in [0.15, 0.2) is 6.29 Å². The van der Waals surface area contributed by atoms with Crippen molar-refractivity contribution in [1.29, 1.82) is 0 Å². The predicted molar refractivity (Wildman–Crippen MR) is 81.2 cm³/mol. The summed E-state index contributed by atoms with van der Waals surface area (Å²) in [7, 11) is 2.55. The smallest absolute Gasteiger partial charge is 0.340 e. The number of esters is 2. The number of carbonyl (C=O) groups excluding carboxylic acids is 2. The lowest BCUT2D eigenvalue weighted by molar-refractivity contribution is -0.139. The van der Waals surface area contributed by atoms with Gasteiger partial charge in [-0.05, 0) is 6.08 Å². The summed E-state index contributed by atoms with van der Waals surface area (Å²) >= 11 is 0. The molecule has 2 rings (SSSR count). The van der Waals surface area contributed by atoms with Crippen LogP contribution in [0.1, 0.15) is 6.42 Å². The van der Waals surface area contributed by atoms with Crippen molar-refractivity contribution in [3.8, 4) is 0 Å². The number of ether oxygens (including phenoxy) is 4. The second kappa shape index (κ2) is 8.50. The topological polar surface area (TPSA) is 74.3 Å². The highest BCUT2D eigenvalue weighted by Crippen LogP contribution is 2.18. The lowest BCUT2D eigenvalue weighted by Gasteiger charge is -2.23. The Morgan fingerprint density at radius 2 is 1.83 bits per heavy atom. The number of allylic oxidation sites excluding steroid dienone is 2. The maximum absolute atomic E-state index is 12.0. The molecule has 0 radical (unpaired) electrons. The maximum Gasteiger partial charge on any atom is 0.340 e. The fourth-order valence-electron chi connectivity index (χ4n) is 2.32. The molecule has 1 saturated heterocycles. The highest BCUT2D eigenvalue weighted by Gasteiger charge is 2.24. The van der Waals surface area contributed by atoms with Gasteiger partial charge in [-0.3, -0.25) is 0 Å². The monoisotopic (exact) mass is 323 g/mol. The van der Waals surface area contributed by atoms with E-state index >= 15 is 0 Å². The van der Waals surface area contributed by atoms with Crippen molar-refractivity contribution in [2.24, 2.45) is 0 Å². The minimum atomic E-state index is -0.588. The van der Waals surface area contributed by atoms with E-state index in [9.17, 15) is 9.59 Å². The molecular formula is C16H21NO6. The number of hydrogen-bond donors (Lipinski definition) is 0. The summed E-state index contributed by atoms with van der Waals surface area (Å²) in [6, 6.07) is 0. The van der Waals surface area contributed by atoms with Crippen LogP contribution in [0.4, 0.5) is 0 Å². The van der Waals surface area contributed by atoms with E-state index in [0.29, 0.717) is 32.7 Å². The first kappa shape index (κ1) is 17.2. The van der Waals surface area contributed by atoms with Crippen LogP contribution < -0.4 is 0 Å². The highest BCUT2D eigenvalue weighted by molar-refractivity contribution is 6.07. The van der Waals surface area contributed by atoms with Gasteiger partial charge in [0.1, 0.15) is 0 Å². The number of hydrogen-bond acceptors (Lipinski definition) is 7. The molecule has 1 fully saturated rings. The quantitative estimate of drug-likeness (QED) is 0.692. The summed E-state index contributed by atoms with van der Waals surface area (Å²) in [5, 5.41) is 0. The van der Waals surface area contributed by atoms with Crippen LogP contribution in [0.25, 0.3) is 0 Å². The van der Waals surface area contributed by atoms with E-state index in [1.165, 1.54) is 14.2 Å². The van der Waals surface area contributed by atoms with Crippen molar-refractivity contribution in [3.05, 3.63) is 35.6 Å². The zero-order valence-corrected chi connectivity index (χ0v) is 13.3. The molecule has 0 N–H and O–H groups in total. The molecule has 0 aromatic heterocycles. The van der Waals surface area contributed by atoms with E-state index in [-0.39, 0.29) is 17.4 Å². The van der Waals surface area contributed by atoms with E-state index in [4.69, 9.17) is 18.9 Å². The SMILES string of the molecule is COC(=O)C1=CC=CCN(CCC2OCCO2)C=C1C(=O)OC. The van der Waals surface area contributed by atoms with Gasteiger partial charge in [-0.2, -0.15) is 0 Å². The van der Waals surface area contributed by atoms with Crippen molar-refractivity contribution >= 4 is 11.9 Å². The Morgan fingerprint density at radius 1 is 1.17 bits per heavy atom. The molecule has 0 amide bonds. The van der Waals surface area contributed by atoms with Crippen molar-refractivity contribution in [3.63, 3.8) is 0 Å². The van der Waals surface area contributed by atoms with Gasteiger partial charge in [0.25, 0.3) is 0 Å². The molecule has 0 unspecified atom stereocenters. The maximum atomic E-state index is 12.0. The summed E-state index contributed by atoms with van der Waals surface area (Å²) in [5.74, 6) is -1.18. The Bertz CT molecular complexity index is 531. The minimum Gasteiger partial charge on any atom is -0.465 e. The lowest BCUT2D eigenvalue weighted by atomic mass is 10.1. The molecule has 2 aliphatic heterocycles. The van der Waals surface area contributed by atoms with E-state index < -0.39 is 11.9 Å². The number of carbonyl (C=O) groups is 2. The molecule has 0 aromatic carbocycles. The fraction of sp³-hybridized carbons (Fsp3) is 0.500. The number of nitrogens with zero attached hydrogens (tertiary/aromatic N) is 1. The third kappa shape index (κ3) is 4.67. The van der Waals surface area contributed by atoms with Crippen molar-refractivity contribution in [2.45, 2.75) is 12.7 Å². The van der Waals surface area contributed by atoms with Gasteiger partial charge in [-0.25, -0.2) is 9.59 Å². The molecule has 2 aliphatic rings. The second-order valence-corrected chi connectivity index (χ2v) is 4.99. The van der Waals surface area contributed by atoms with Crippen LogP contribution in [-0.2, 0) is 28.5 Å². The number of rotatable bonds is 5. The van der Waals surface area contributed by atoms with Crippen LogP contribution in [-0.4, -0.2) is 63.7 Å². The Labute approximate surface area is 135 Å². The average Bonchev–Trinajstić information content (AvgIpc) is 3.06. The Morgan fingerprint density at radius 3 is 2.48 bits per heavy atom. The van der Waals surface area contributed by atoms with Crippen molar-refractivity contribution in [1.82, 2.24) is 4.90 Å². The van der Waals surface area contributed by atoms with Crippen molar-refractivity contribution in [2.75, 3.05) is 40.5 Å². The molecule has 7 heteroatoms. The summed E-state index contributed by atoms with van der Waals surface area (Å²) < 4.78 is 20.3. The van der Waals surface area contributed by atoms with Crippen LogP contribution >= 0.6 is 0 Å². The van der Waals surface area contributed by atoms with Gasteiger partial charge in [0.05, 0.1) is 38.6 Å². The molecular weight excluding hydrogens is 302 g/mol. The third-order valence-corrected chi connectivity index (χ3v) is 3.49. The lowest BCUT2D eigenvalue weighted by Crippen LogP contribution is -2.26. The molecule has 2 heterocycles. The highest BCUT2D eigenvalue weighted by atomic mass is 16.7. The molecule has 0 saturated carbocycles. The van der Waals surface area contributed by atoms with Crippen molar-refractivity contribution < 1.29 is 28.5 Å². The van der Waals surface area contributed by atoms with Crippen LogP contribution in [0, 0.1) is 0 Å². The second-order valence-electron chi connectivity index (χ2n) is 4.99. The van der Waals surface area contributed by atoms with Gasteiger partial charge in [0, 0.05) is 25.7 Å². The fourth-order valence-corrected chi connectivity index (χ4v) is 2.32. The standard InChI is InChI=1S/C16H21NO6/c1-20-15(18)12-5-3-4-7-17(11-13(12)16(19)21-2)8-6-14-22-9-10-23-14/h3-5,11,14H,6-10H2,1-2H3. The predicted octanol–water partition coefficient (Wildman–Crippen LogP) is 0.777. The van der Waals surface area contributed by atoms with Gasteiger partial charge >= 0.3 is 11.9 Å². The summed E-state index contributed by atoms with van der Waals surface area (Å²) in [6.45, 7) is 2.41. The first-order valence-electron chi connectivity index (χ1n) is 7.38. The van der Waals surface area contributed by atoms with Gasteiger partial charge in [-0.15, -0.1) is 0 Å². The van der Waals surface area contributed by atoms with E-state index in [2.05, 4.69) is 0 Å². The Hall–Kier alpha value is -2.12. The first-order chi connectivity index (χ1) is 11.2. The minimum absolute atomic E-state index is 0.161. The van der Waals surface area contributed by atoms with E-state index in [0.717, 1.165) is 0 Å². The van der Waals surface area contributed by atoms with Gasteiger partial charge < -0.3 is 23.8 Å². The zero-order chi connectivity index (χ0) is 16.7. The van der Waals surface area contributed by atoms with E-state index in [1.807, 2.05) is 11.0 Å². The Balaban J connectivity index is 2.17. The van der Waals surface area contributed by atoms with Crippen LogP contribution in [0.3, 0.4) is 0 Å². The summed E-state index contributed by atoms with van der Waals surface area (Å²) in [6.07, 6.45) is 7.22. The van der Waals surface area contributed by atoms with Crippen LogP contribution in [0.15, 0.2) is 35.6 Å². The largest absolute Gasteiger partial charge is 0.465 e. The molecule has 23 heavy (non-hydrogen) atoms. The Kier molecular flexibility index (Phi) is 6.37. The summed E-state index contributed by atoms with van der Waals surface area (Å²) in [5.41, 5.74) is 0.325. The molecule has 0 aliphatic carbocycles.